The van der Waals surface area contributed by atoms with Crippen LogP contribution in [-0.2, 0) is 15.7 Å². The molecule has 2 heterocycles. The Hall–Kier alpha value is -1.93. The van der Waals surface area contributed by atoms with Gasteiger partial charge in [-0.25, -0.2) is 4.99 Å². The van der Waals surface area contributed by atoms with Crippen molar-refractivity contribution in [2.24, 2.45) is 16.8 Å². The quantitative estimate of drug-likeness (QED) is 0.747. The average Bonchev–Trinajstić information content (AvgIpc) is 3.08. The molecule has 0 radical (unpaired) electrons. The number of nitrogens with zero attached hydrogens (tertiary/aromatic N) is 1. The number of alkyl halides is 3. The molecule has 4 rings (SSSR count). The van der Waals surface area contributed by atoms with Gasteiger partial charge in [-0.1, -0.05) is 13.3 Å². The van der Waals surface area contributed by atoms with Crippen molar-refractivity contribution < 1.29 is 22.7 Å². The van der Waals surface area contributed by atoms with Gasteiger partial charge in [-0.05, 0) is 56.2 Å². The molecule has 2 fully saturated rings. The maximum atomic E-state index is 13.0. The first-order chi connectivity index (χ1) is 14.3. The molecule has 3 aliphatic rings. The molecule has 1 aliphatic carbocycles. The molecule has 1 aromatic carbocycles. The van der Waals surface area contributed by atoms with Gasteiger partial charge in [0.25, 0.3) is 0 Å². The molecule has 164 valence electrons. The second-order valence-electron chi connectivity index (χ2n) is 8.56. The Balaban J connectivity index is 1.39. The molecule has 2 unspecified atom stereocenters. The van der Waals surface area contributed by atoms with Gasteiger partial charge in [0.15, 0.2) is 0 Å². The SMILES string of the molecule is CCCC1CC(NC2CCOCC2)C[C@H]1C(=O)NC1=Nc2ccc(C(F)(F)F)cc21. The zero-order valence-electron chi connectivity index (χ0n) is 17.1. The summed E-state index contributed by atoms with van der Waals surface area (Å²) in [5.74, 6) is 0.234. The van der Waals surface area contributed by atoms with Crippen LogP contribution < -0.4 is 10.6 Å². The highest BCUT2D eigenvalue weighted by Crippen LogP contribution is 2.38. The second-order valence-corrected chi connectivity index (χ2v) is 8.56. The van der Waals surface area contributed by atoms with Crippen molar-refractivity contribution in [3.05, 3.63) is 29.3 Å². The van der Waals surface area contributed by atoms with Crippen LogP contribution in [-0.4, -0.2) is 37.0 Å². The number of benzene rings is 1. The lowest BCUT2D eigenvalue weighted by molar-refractivity contribution is -0.137. The van der Waals surface area contributed by atoms with E-state index in [2.05, 4.69) is 22.5 Å². The number of carbonyl (C=O) groups is 1. The number of hydrogen-bond acceptors (Lipinski definition) is 4. The molecule has 1 saturated heterocycles. The maximum Gasteiger partial charge on any atom is 0.416 e. The molecule has 0 bridgehead atoms. The van der Waals surface area contributed by atoms with E-state index in [1.165, 1.54) is 6.07 Å². The molecule has 30 heavy (non-hydrogen) atoms. The molecule has 2 aliphatic heterocycles. The Labute approximate surface area is 174 Å². The number of amidine groups is 1. The summed E-state index contributed by atoms with van der Waals surface area (Å²) in [5, 5.41) is 6.50. The van der Waals surface area contributed by atoms with E-state index in [9.17, 15) is 18.0 Å². The van der Waals surface area contributed by atoms with Crippen molar-refractivity contribution in [1.82, 2.24) is 10.6 Å². The smallest absolute Gasteiger partial charge is 0.381 e. The monoisotopic (exact) mass is 423 g/mol. The van der Waals surface area contributed by atoms with Gasteiger partial charge >= 0.3 is 6.18 Å². The van der Waals surface area contributed by atoms with Crippen molar-refractivity contribution in [3.63, 3.8) is 0 Å². The molecular formula is C22H28F3N3O2. The fraction of sp³-hybridized carbons (Fsp3) is 0.636. The maximum absolute atomic E-state index is 13.0. The van der Waals surface area contributed by atoms with E-state index in [4.69, 9.17) is 4.74 Å². The van der Waals surface area contributed by atoms with E-state index >= 15 is 0 Å². The van der Waals surface area contributed by atoms with E-state index in [1.807, 2.05) is 0 Å². The summed E-state index contributed by atoms with van der Waals surface area (Å²) >= 11 is 0. The molecule has 0 spiro atoms. The van der Waals surface area contributed by atoms with Gasteiger partial charge in [-0.3, -0.25) is 4.79 Å². The van der Waals surface area contributed by atoms with Crippen LogP contribution in [0.1, 0.15) is 56.6 Å². The first-order valence-electron chi connectivity index (χ1n) is 10.8. The minimum Gasteiger partial charge on any atom is -0.381 e. The number of ether oxygens (including phenoxy) is 1. The number of carbonyl (C=O) groups excluding carboxylic acids is 1. The number of fused-ring (bicyclic) bond motifs is 1. The molecule has 5 nitrogen and oxygen atoms in total. The van der Waals surface area contributed by atoms with Crippen LogP contribution in [0.3, 0.4) is 0 Å². The van der Waals surface area contributed by atoms with Crippen molar-refractivity contribution in [2.45, 2.75) is 63.7 Å². The lowest BCUT2D eigenvalue weighted by Crippen LogP contribution is -2.42. The highest BCUT2D eigenvalue weighted by molar-refractivity contribution is 6.17. The van der Waals surface area contributed by atoms with Crippen LogP contribution in [0.25, 0.3) is 0 Å². The van der Waals surface area contributed by atoms with Crippen molar-refractivity contribution in [1.29, 1.82) is 0 Å². The fourth-order valence-electron chi connectivity index (χ4n) is 4.90. The van der Waals surface area contributed by atoms with Crippen LogP contribution >= 0.6 is 0 Å². The summed E-state index contributed by atoms with van der Waals surface area (Å²) in [7, 11) is 0. The zero-order chi connectivity index (χ0) is 21.3. The summed E-state index contributed by atoms with van der Waals surface area (Å²) in [5.41, 5.74) is 0.113. The molecule has 1 saturated carbocycles. The molecule has 1 amide bonds. The van der Waals surface area contributed by atoms with Gasteiger partial charge in [0.05, 0.1) is 11.3 Å². The summed E-state index contributed by atoms with van der Waals surface area (Å²) in [6, 6.07) is 4.13. The van der Waals surface area contributed by atoms with E-state index in [1.54, 1.807) is 0 Å². The molecule has 1 aromatic rings. The number of amides is 1. The Morgan fingerprint density at radius 3 is 2.67 bits per heavy atom. The summed E-state index contributed by atoms with van der Waals surface area (Å²) in [6.45, 7) is 3.65. The summed E-state index contributed by atoms with van der Waals surface area (Å²) < 4.78 is 44.4. The van der Waals surface area contributed by atoms with E-state index in [-0.39, 0.29) is 29.6 Å². The van der Waals surface area contributed by atoms with Gasteiger partial charge in [0.1, 0.15) is 5.84 Å². The van der Waals surface area contributed by atoms with E-state index in [0.717, 1.165) is 63.9 Å². The summed E-state index contributed by atoms with van der Waals surface area (Å²) in [6.07, 6.45) is 1.21. The van der Waals surface area contributed by atoms with E-state index < -0.39 is 11.7 Å². The van der Waals surface area contributed by atoms with E-state index in [0.29, 0.717) is 17.3 Å². The number of nitrogens with one attached hydrogen (secondary N) is 2. The topological polar surface area (TPSA) is 62.7 Å². The van der Waals surface area contributed by atoms with Crippen LogP contribution in [0.4, 0.5) is 18.9 Å². The second kappa shape index (κ2) is 8.67. The molecular weight excluding hydrogens is 395 g/mol. The first-order valence-corrected chi connectivity index (χ1v) is 10.8. The van der Waals surface area contributed by atoms with Gasteiger partial charge < -0.3 is 15.4 Å². The highest BCUT2D eigenvalue weighted by Gasteiger charge is 2.40. The van der Waals surface area contributed by atoms with Crippen LogP contribution in [0, 0.1) is 11.8 Å². The number of aliphatic imine (C=N–C) groups is 1. The Morgan fingerprint density at radius 1 is 1.20 bits per heavy atom. The third kappa shape index (κ3) is 4.54. The average molecular weight is 423 g/mol. The van der Waals surface area contributed by atoms with Crippen molar-refractivity contribution in [3.8, 4) is 0 Å². The molecule has 3 atom stereocenters. The fourth-order valence-corrected chi connectivity index (χ4v) is 4.90. The minimum atomic E-state index is -4.42. The minimum absolute atomic E-state index is 0.133. The van der Waals surface area contributed by atoms with Crippen LogP contribution in [0.2, 0.25) is 0 Å². The third-order valence-electron chi connectivity index (χ3n) is 6.44. The van der Waals surface area contributed by atoms with Crippen molar-refractivity contribution in [2.75, 3.05) is 13.2 Å². The van der Waals surface area contributed by atoms with Crippen LogP contribution in [0.5, 0.6) is 0 Å². The molecule has 8 heteroatoms. The standard InChI is InChI=1S/C22H28F3N3O2/c1-2-3-13-10-16(26-15-6-8-30-9-7-15)12-17(13)21(29)28-20-18-11-14(22(23,24)25)4-5-19(18)27-20/h4-5,11,13,15-17,26H,2-3,6-10,12H2,1H3,(H,27,28,29)/t13?,16?,17-/m1/s1. The Kier molecular flexibility index (Phi) is 6.16. The van der Waals surface area contributed by atoms with Crippen molar-refractivity contribution >= 4 is 17.4 Å². The van der Waals surface area contributed by atoms with Gasteiger partial charge in [0, 0.05) is 36.8 Å². The highest BCUT2D eigenvalue weighted by atomic mass is 19.4. The largest absolute Gasteiger partial charge is 0.416 e. The van der Waals surface area contributed by atoms with Gasteiger partial charge in [-0.15, -0.1) is 0 Å². The summed E-state index contributed by atoms with van der Waals surface area (Å²) in [4.78, 5) is 17.2. The predicted molar refractivity (Wildman–Crippen MR) is 108 cm³/mol. The lowest BCUT2D eigenvalue weighted by Gasteiger charge is -2.26. The number of rotatable bonds is 5. The number of halogens is 3. The zero-order valence-corrected chi connectivity index (χ0v) is 17.1. The molecule has 0 aromatic heterocycles. The Bertz CT molecular complexity index is 818. The predicted octanol–water partition coefficient (Wildman–Crippen LogP) is 4.18. The lowest BCUT2D eigenvalue weighted by atomic mass is 9.91. The van der Waals surface area contributed by atoms with Gasteiger partial charge in [-0.2, -0.15) is 13.2 Å². The van der Waals surface area contributed by atoms with Crippen LogP contribution in [0.15, 0.2) is 23.2 Å². The Morgan fingerprint density at radius 2 is 1.97 bits per heavy atom. The molecule has 2 N–H and O–H groups in total. The first kappa shape index (κ1) is 21.3. The number of hydrogen-bond donors (Lipinski definition) is 2. The van der Waals surface area contributed by atoms with Gasteiger partial charge in [0.2, 0.25) is 5.91 Å². The normalized spacial score (nSPS) is 26.7. The third-order valence-corrected chi connectivity index (χ3v) is 6.44.